The molecule has 12 heteroatoms. The number of hydrogen-bond acceptors (Lipinski definition) is 10. The molecule has 78 heavy (non-hydrogen) atoms. The minimum Gasteiger partial charge on any atom is -0.462 e. The summed E-state index contributed by atoms with van der Waals surface area (Å²) >= 11 is 0. The molecule has 0 bridgehead atoms. The predicted octanol–water partition coefficient (Wildman–Crippen LogP) is 18.4. The molecule has 0 amide bonds. The average Bonchev–Trinajstić information content (AvgIpc) is 3.43. The van der Waals surface area contributed by atoms with E-state index in [9.17, 15) is 28.9 Å². The second kappa shape index (κ2) is 59.0. The van der Waals surface area contributed by atoms with Crippen molar-refractivity contribution >= 4 is 25.7 Å². The molecule has 11 nitrogen and oxygen atoms in total. The highest BCUT2D eigenvalue weighted by molar-refractivity contribution is 7.47. The lowest BCUT2D eigenvalue weighted by Crippen LogP contribution is -2.30. The molecule has 0 spiro atoms. The van der Waals surface area contributed by atoms with Crippen molar-refractivity contribution in [3.8, 4) is 0 Å². The van der Waals surface area contributed by atoms with Gasteiger partial charge in [0.2, 0.25) is 0 Å². The standard InChI is InChI=1S/C66H109O11P/c1-4-7-10-13-16-19-22-25-28-30-31-33-35-37-40-43-46-49-52-55-64(68)73-59-63(77-66(70)57-54-51-48-45-42-39-36-32-29-26-23-20-17-14-11-8-5-2)61-75-78(71,72)74-60-62(58-67)76-65(69)56-53-50-47-44-41-38-34-27-24-21-18-15-12-9-6-3/h7,9-10,12,16-21,25-29,31,33-34,37,40,62-63,67H,4-6,8,11,13-15,22-24,30,32,35-36,38-39,41-61H2,1-3H3,(H,71,72)/b10-7-,12-9-,19-16-,20-17-,21-18-,28-25-,29-26-,33-31-,34-27-,40-37-. The number of aliphatic hydroxyl groups excluding tert-OH is 1. The molecule has 3 atom stereocenters. The summed E-state index contributed by atoms with van der Waals surface area (Å²) in [6.07, 6.45) is 72.9. The third-order valence-electron chi connectivity index (χ3n) is 12.3. The van der Waals surface area contributed by atoms with E-state index in [-0.39, 0.29) is 25.9 Å². The first-order valence-corrected chi connectivity index (χ1v) is 31.9. The number of ether oxygens (including phenoxy) is 3. The minimum atomic E-state index is -4.77. The van der Waals surface area contributed by atoms with Gasteiger partial charge in [0.05, 0.1) is 19.8 Å². The van der Waals surface area contributed by atoms with Crippen LogP contribution in [0.4, 0.5) is 0 Å². The molecule has 0 aliphatic rings. The number of rotatable bonds is 55. The topological polar surface area (TPSA) is 155 Å². The first-order chi connectivity index (χ1) is 38.2. The van der Waals surface area contributed by atoms with Gasteiger partial charge in [0.1, 0.15) is 12.7 Å². The Kier molecular flexibility index (Phi) is 55.9. The highest BCUT2D eigenvalue weighted by Gasteiger charge is 2.28. The summed E-state index contributed by atoms with van der Waals surface area (Å²) in [6, 6.07) is 0. The average molecular weight is 1110 g/mol. The Morgan fingerprint density at radius 2 is 0.667 bits per heavy atom. The minimum absolute atomic E-state index is 0.144. The van der Waals surface area contributed by atoms with Crippen molar-refractivity contribution in [1.82, 2.24) is 0 Å². The van der Waals surface area contributed by atoms with Crippen LogP contribution in [0.15, 0.2) is 122 Å². The predicted molar refractivity (Wildman–Crippen MR) is 325 cm³/mol. The van der Waals surface area contributed by atoms with Gasteiger partial charge in [-0.15, -0.1) is 0 Å². The number of allylic oxidation sites excluding steroid dienone is 20. The molecule has 0 aromatic carbocycles. The van der Waals surface area contributed by atoms with E-state index in [1.807, 2.05) is 0 Å². The zero-order valence-corrected chi connectivity index (χ0v) is 50.0. The summed E-state index contributed by atoms with van der Waals surface area (Å²) in [6.45, 7) is 4.33. The van der Waals surface area contributed by atoms with E-state index < -0.39 is 57.8 Å². The van der Waals surface area contributed by atoms with Crippen LogP contribution in [0.2, 0.25) is 0 Å². The molecular weight excluding hydrogens is 1000 g/mol. The van der Waals surface area contributed by atoms with Gasteiger partial charge in [-0.1, -0.05) is 213 Å². The van der Waals surface area contributed by atoms with Gasteiger partial charge in [-0.25, -0.2) is 4.57 Å². The van der Waals surface area contributed by atoms with Crippen molar-refractivity contribution in [3.63, 3.8) is 0 Å². The van der Waals surface area contributed by atoms with Gasteiger partial charge in [0, 0.05) is 19.3 Å². The van der Waals surface area contributed by atoms with Crippen LogP contribution in [0, 0.1) is 0 Å². The number of esters is 3. The lowest BCUT2D eigenvalue weighted by Gasteiger charge is -2.21. The third kappa shape index (κ3) is 56.6. The summed E-state index contributed by atoms with van der Waals surface area (Å²) in [4.78, 5) is 48.7. The molecule has 2 N–H and O–H groups in total. The maximum atomic E-state index is 12.9. The van der Waals surface area contributed by atoms with Crippen molar-refractivity contribution < 1.29 is 52.2 Å². The fourth-order valence-corrected chi connectivity index (χ4v) is 8.56. The molecule has 3 unspecified atom stereocenters. The zero-order valence-electron chi connectivity index (χ0n) is 49.1. The summed E-state index contributed by atoms with van der Waals surface area (Å²) in [5, 5.41) is 9.83. The molecule has 0 rings (SSSR count). The van der Waals surface area contributed by atoms with Crippen molar-refractivity contribution in [2.75, 3.05) is 26.4 Å². The van der Waals surface area contributed by atoms with Crippen molar-refractivity contribution in [1.29, 1.82) is 0 Å². The number of phosphoric ester groups is 1. The highest BCUT2D eigenvalue weighted by atomic mass is 31.2. The molecule has 444 valence electrons. The molecule has 0 saturated heterocycles. The van der Waals surface area contributed by atoms with Crippen LogP contribution in [0.5, 0.6) is 0 Å². The van der Waals surface area contributed by atoms with E-state index in [4.69, 9.17) is 23.3 Å². The van der Waals surface area contributed by atoms with Crippen LogP contribution >= 0.6 is 7.82 Å². The lowest BCUT2D eigenvalue weighted by atomic mass is 10.1. The molecule has 0 fully saturated rings. The van der Waals surface area contributed by atoms with Crippen molar-refractivity contribution in [3.05, 3.63) is 122 Å². The Morgan fingerprint density at radius 3 is 1.04 bits per heavy atom. The molecule has 0 heterocycles. The Balaban J connectivity index is 4.82. The molecule has 0 radical (unpaired) electrons. The molecule has 0 saturated carbocycles. The Labute approximate surface area is 475 Å². The van der Waals surface area contributed by atoms with E-state index >= 15 is 0 Å². The number of unbranched alkanes of at least 4 members (excludes halogenated alkanes) is 18. The maximum Gasteiger partial charge on any atom is 0.472 e. The Morgan fingerprint density at radius 1 is 0.372 bits per heavy atom. The van der Waals surface area contributed by atoms with Gasteiger partial charge in [-0.2, -0.15) is 0 Å². The lowest BCUT2D eigenvalue weighted by molar-refractivity contribution is -0.161. The number of aliphatic hydroxyl groups is 1. The van der Waals surface area contributed by atoms with E-state index in [1.165, 1.54) is 38.5 Å². The van der Waals surface area contributed by atoms with Gasteiger partial charge in [0.15, 0.2) is 6.10 Å². The Hall–Kier alpha value is -4.12. The van der Waals surface area contributed by atoms with E-state index in [1.54, 1.807) is 0 Å². The molecule has 0 aromatic rings. The number of phosphoric acid groups is 1. The van der Waals surface area contributed by atoms with Crippen LogP contribution in [0.1, 0.15) is 239 Å². The van der Waals surface area contributed by atoms with Gasteiger partial charge in [-0.3, -0.25) is 23.4 Å². The van der Waals surface area contributed by atoms with Gasteiger partial charge >= 0.3 is 25.7 Å². The molecule has 0 aliphatic carbocycles. The number of hydrogen-bond donors (Lipinski definition) is 2. The summed E-state index contributed by atoms with van der Waals surface area (Å²) in [5.41, 5.74) is 0. The fourth-order valence-electron chi connectivity index (χ4n) is 7.78. The van der Waals surface area contributed by atoms with E-state index in [0.717, 1.165) is 141 Å². The molecule has 0 aromatic heterocycles. The monoisotopic (exact) mass is 1110 g/mol. The van der Waals surface area contributed by atoms with Crippen LogP contribution in [0.3, 0.4) is 0 Å². The van der Waals surface area contributed by atoms with Crippen LogP contribution < -0.4 is 0 Å². The zero-order chi connectivity index (χ0) is 56.9. The van der Waals surface area contributed by atoms with E-state index in [0.29, 0.717) is 19.3 Å². The van der Waals surface area contributed by atoms with Crippen molar-refractivity contribution in [2.24, 2.45) is 0 Å². The van der Waals surface area contributed by atoms with E-state index in [2.05, 4.69) is 142 Å². The largest absolute Gasteiger partial charge is 0.472 e. The quantitative estimate of drug-likeness (QED) is 0.0197. The van der Waals surface area contributed by atoms with Crippen LogP contribution in [0.25, 0.3) is 0 Å². The maximum absolute atomic E-state index is 12.9. The fraction of sp³-hybridized carbons (Fsp3) is 0.652. The smallest absolute Gasteiger partial charge is 0.462 e. The van der Waals surface area contributed by atoms with Crippen LogP contribution in [-0.4, -0.2) is 66.5 Å². The number of carbonyl (C=O) groups is 3. The molecule has 0 aliphatic heterocycles. The second-order valence-corrected chi connectivity index (χ2v) is 21.2. The summed E-state index contributed by atoms with van der Waals surface area (Å²) in [7, 11) is -4.77. The second-order valence-electron chi connectivity index (χ2n) is 19.7. The van der Waals surface area contributed by atoms with Gasteiger partial charge < -0.3 is 24.2 Å². The van der Waals surface area contributed by atoms with Crippen LogP contribution in [-0.2, 0) is 42.2 Å². The third-order valence-corrected chi connectivity index (χ3v) is 13.3. The van der Waals surface area contributed by atoms with Gasteiger partial charge in [-0.05, 0) is 128 Å². The summed E-state index contributed by atoms with van der Waals surface area (Å²) < 4.78 is 39.6. The Bertz CT molecular complexity index is 1770. The SMILES string of the molecule is CC/C=C\C/C=C\C/C=C\C/C=C\C/C=C\CCCCCC(=O)OCC(COP(=O)(O)OCC(CO)OC(=O)CCCCCCC/C=C\C/C=C\C/C=C\CC)OC(=O)CCCCCCCCC/C=C\C/C=C\CCCCC. The molecular formula is C66H109O11P. The normalized spacial score (nSPS) is 14.2. The first kappa shape index (κ1) is 73.9. The first-order valence-electron chi connectivity index (χ1n) is 30.4. The van der Waals surface area contributed by atoms with Crippen molar-refractivity contribution in [2.45, 2.75) is 251 Å². The highest BCUT2D eigenvalue weighted by Crippen LogP contribution is 2.43. The van der Waals surface area contributed by atoms with Gasteiger partial charge in [0.25, 0.3) is 0 Å². The summed E-state index contributed by atoms with van der Waals surface area (Å²) in [5.74, 6) is -1.54. The number of carbonyl (C=O) groups excluding carboxylic acids is 3.